The zero-order chi connectivity index (χ0) is 32.0. The minimum atomic E-state index is -5.15. The van der Waals surface area contributed by atoms with Crippen LogP contribution >= 0.6 is 0 Å². The highest BCUT2D eigenvalue weighted by molar-refractivity contribution is 5.91. The van der Waals surface area contributed by atoms with E-state index in [9.17, 15) is 49.1 Å². The Bertz CT molecular complexity index is 1300. The molecule has 15 heteroatoms. The smallest absolute Gasteiger partial charge is 0.416 e. The van der Waals surface area contributed by atoms with Crippen molar-refractivity contribution in [1.82, 2.24) is 4.90 Å². The summed E-state index contributed by atoms with van der Waals surface area (Å²) < 4.78 is 132. The minimum Gasteiger partial charge on any atom is -0.453 e. The number of hydrogen-bond acceptors (Lipinski definition) is 4. The molecule has 0 saturated heterocycles. The van der Waals surface area contributed by atoms with Gasteiger partial charge in [0.15, 0.2) is 0 Å². The molecule has 0 aromatic heterocycles. The fraction of sp³-hybridized carbons (Fsp3) is 0.481. The molecule has 0 bridgehead atoms. The van der Waals surface area contributed by atoms with Crippen molar-refractivity contribution >= 4 is 17.9 Å². The Labute approximate surface area is 235 Å². The van der Waals surface area contributed by atoms with Gasteiger partial charge in [-0.3, -0.25) is 9.80 Å². The van der Waals surface area contributed by atoms with E-state index < -0.39 is 77.2 Å². The summed E-state index contributed by atoms with van der Waals surface area (Å²) in [5, 5.41) is 0. The fourth-order valence-electron chi connectivity index (χ4n) is 4.61. The van der Waals surface area contributed by atoms with Crippen LogP contribution in [-0.4, -0.2) is 35.8 Å². The third-order valence-electron chi connectivity index (χ3n) is 6.36. The molecule has 0 radical (unpaired) electrons. The van der Waals surface area contributed by atoms with E-state index in [1.54, 1.807) is 20.8 Å². The van der Waals surface area contributed by atoms with Crippen molar-refractivity contribution in [3.8, 4) is 0 Å². The molecule has 42 heavy (non-hydrogen) atoms. The highest BCUT2D eigenvalue weighted by Gasteiger charge is 2.43. The number of anilines is 1. The maximum atomic E-state index is 13.6. The number of alkyl halides is 9. The zero-order valence-electron chi connectivity index (χ0n) is 23.0. The monoisotopic (exact) mass is 614 g/mol. The number of methoxy groups -OCH3 is 1. The molecule has 0 fully saturated rings. The Hall–Kier alpha value is -3.65. The number of rotatable bonds is 3. The van der Waals surface area contributed by atoms with E-state index in [1.165, 1.54) is 6.92 Å². The second-order valence-electron chi connectivity index (χ2n) is 10.7. The Morgan fingerprint density at radius 1 is 0.857 bits per heavy atom. The largest absolute Gasteiger partial charge is 0.453 e. The van der Waals surface area contributed by atoms with Crippen LogP contribution in [0, 0.1) is 0 Å². The first-order chi connectivity index (χ1) is 19.0. The second kappa shape index (κ2) is 11.2. The predicted molar refractivity (Wildman–Crippen MR) is 131 cm³/mol. The van der Waals surface area contributed by atoms with E-state index in [0.29, 0.717) is 24.3 Å². The summed E-state index contributed by atoms with van der Waals surface area (Å²) in [6.45, 7) is 5.24. The van der Waals surface area contributed by atoms with Crippen molar-refractivity contribution in [2.45, 2.75) is 76.9 Å². The van der Waals surface area contributed by atoms with Gasteiger partial charge in [0.05, 0.1) is 35.5 Å². The molecule has 0 N–H and O–H groups in total. The molecule has 232 valence electrons. The minimum absolute atomic E-state index is 0.0274. The highest BCUT2D eigenvalue weighted by Crippen LogP contribution is 2.45. The van der Waals surface area contributed by atoms with Crippen LogP contribution in [0.3, 0.4) is 0 Å². The maximum Gasteiger partial charge on any atom is 0.416 e. The van der Waals surface area contributed by atoms with Crippen LogP contribution in [0.2, 0.25) is 0 Å². The van der Waals surface area contributed by atoms with Gasteiger partial charge in [-0.2, -0.15) is 39.5 Å². The number of hydrogen-bond donors (Lipinski definition) is 0. The number of halogens is 9. The first kappa shape index (κ1) is 32.9. The van der Waals surface area contributed by atoms with Crippen molar-refractivity contribution < 1.29 is 58.6 Å². The molecular weight excluding hydrogens is 587 g/mol. The molecule has 0 unspecified atom stereocenters. The molecular formula is C27H27F9N2O4. The summed E-state index contributed by atoms with van der Waals surface area (Å²) in [7, 11) is 0.926. The van der Waals surface area contributed by atoms with Crippen molar-refractivity contribution in [1.29, 1.82) is 0 Å². The lowest BCUT2D eigenvalue weighted by Crippen LogP contribution is -2.49. The van der Waals surface area contributed by atoms with Crippen LogP contribution in [-0.2, 0) is 34.5 Å². The second-order valence-corrected chi connectivity index (χ2v) is 10.7. The van der Waals surface area contributed by atoms with Crippen molar-refractivity contribution in [2.75, 3.05) is 12.0 Å². The Kier molecular flexibility index (Phi) is 8.77. The van der Waals surface area contributed by atoms with Gasteiger partial charge in [-0.25, -0.2) is 9.59 Å². The molecule has 1 heterocycles. The van der Waals surface area contributed by atoms with E-state index in [-0.39, 0.29) is 23.7 Å². The molecule has 2 amide bonds. The Morgan fingerprint density at radius 2 is 1.38 bits per heavy atom. The van der Waals surface area contributed by atoms with Gasteiger partial charge in [-0.05, 0) is 75.6 Å². The molecule has 0 aliphatic carbocycles. The number of benzene rings is 2. The van der Waals surface area contributed by atoms with Gasteiger partial charge in [-0.15, -0.1) is 0 Å². The molecule has 1 aliphatic heterocycles. The average molecular weight is 615 g/mol. The van der Waals surface area contributed by atoms with Crippen LogP contribution in [0.5, 0.6) is 0 Å². The number of carbonyl (C=O) groups is 2. The quantitative estimate of drug-likeness (QED) is 0.325. The molecule has 1 aliphatic rings. The first-order valence-electron chi connectivity index (χ1n) is 12.4. The maximum absolute atomic E-state index is 13.6. The molecule has 2 atom stereocenters. The van der Waals surface area contributed by atoms with Crippen molar-refractivity contribution in [2.24, 2.45) is 0 Å². The van der Waals surface area contributed by atoms with Crippen LogP contribution in [0.15, 0.2) is 36.4 Å². The molecule has 0 saturated carbocycles. The average Bonchev–Trinajstić information content (AvgIpc) is 2.83. The van der Waals surface area contributed by atoms with E-state index in [4.69, 9.17) is 9.47 Å². The highest BCUT2D eigenvalue weighted by atomic mass is 19.4. The number of carbonyl (C=O) groups excluding carboxylic acids is 2. The van der Waals surface area contributed by atoms with Crippen LogP contribution in [0.4, 0.5) is 54.8 Å². The van der Waals surface area contributed by atoms with Gasteiger partial charge >= 0.3 is 30.7 Å². The van der Waals surface area contributed by atoms with E-state index in [2.05, 4.69) is 0 Å². The summed E-state index contributed by atoms with van der Waals surface area (Å²) in [6, 6.07) is 1.03. The van der Waals surface area contributed by atoms with Crippen LogP contribution in [0.1, 0.15) is 68.0 Å². The number of fused-ring (bicyclic) bond motifs is 1. The molecule has 6 nitrogen and oxygen atoms in total. The van der Waals surface area contributed by atoms with Gasteiger partial charge in [0.25, 0.3) is 0 Å². The van der Waals surface area contributed by atoms with Crippen LogP contribution < -0.4 is 4.90 Å². The summed E-state index contributed by atoms with van der Waals surface area (Å²) in [4.78, 5) is 27.7. The summed E-state index contributed by atoms with van der Waals surface area (Å²) in [5.74, 6) is 0. The number of amides is 2. The van der Waals surface area contributed by atoms with E-state index >= 15 is 0 Å². The number of ether oxygens (including phenoxy) is 2. The summed E-state index contributed by atoms with van der Waals surface area (Å²) in [5.41, 5.74) is -6.27. The lowest BCUT2D eigenvalue weighted by molar-refractivity contribution is -0.143. The zero-order valence-corrected chi connectivity index (χ0v) is 23.0. The SMILES string of the molecule is COC(=O)N(Cc1cc(C(F)(F)F)cc(C(F)(F)F)c1)[C@@H]1C[C@H](C)N(C(=O)OC(C)(C)C)c2cc(C(F)(F)F)ccc21. The van der Waals surface area contributed by atoms with Crippen molar-refractivity contribution in [3.63, 3.8) is 0 Å². The first-order valence-corrected chi connectivity index (χ1v) is 12.4. The third kappa shape index (κ3) is 7.40. The summed E-state index contributed by atoms with van der Waals surface area (Å²) >= 11 is 0. The van der Waals surface area contributed by atoms with Crippen molar-refractivity contribution in [3.05, 3.63) is 64.2 Å². The third-order valence-corrected chi connectivity index (χ3v) is 6.36. The van der Waals surface area contributed by atoms with Crippen LogP contribution in [0.25, 0.3) is 0 Å². The molecule has 0 spiro atoms. The fourth-order valence-corrected chi connectivity index (χ4v) is 4.61. The van der Waals surface area contributed by atoms with Gasteiger partial charge in [0, 0.05) is 12.6 Å². The Morgan fingerprint density at radius 3 is 1.83 bits per heavy atom. The topological polar surface area (TPSA) is 59.1 Å². The van der Waals surface area contributed by atoms with E-state index in [1.807, 2.05) is 0 Å². The molecule has 2 aromatic carbocycles. The summed E-state index contributed by atoms with van der Waals surface area (Å²) in [6.07, 6.45) is -17.5. The Balaban J connectivity index is 2.19. The van der Waals surface area contributed by atoms with Gasteiger partial charge in [0.1, 0.15) is 5.60 Å². The standard InChI is InChI=1S/C27H27F9N2O4/c1-14-8-20(19-7-6-16(25(28,29)30)12-21(19)38(14)23(40)42-24(2,3)4)37(22(39)41-5)13-15-9-17(26(31,32)33)11-18(10-15)27(34,35)36/h6-7,9-12,14,20H,8,13H2,1-5H3/t14-,20+/m0/s1. The molecule has 3 rings (SSSR count). The van der Waals surface area contributed by atoms with Gasteiger partial charge in [-0.1, -0.05) is 6.07 Å². The lowest BCUT2D eigenvalue weighted by Gasteiger charge is -2.43. The lowest BCUT2D eigenvalue weighted by atomic mass is 9.89. The molecule has 2 aromatic rings. The number of nitrogens with zero attached hydrogens (tertiary/aromatic N) is 2. The normalized spacial score (nSPS) is 17.9. The van der Waals surface area contributed by atoms with Gasteiger partial charge < -0.3 is 9.47 Å². The van der Waals surface area contributed by atoms with E-state index in [0.717, 1.165) is 23.0 Å². The predicted octanol–water partition coefficient (Wildman–Crippen LogP) is 8.59. The van der Waals surface area contributed by atoms with Gasteiger partial charge in [0.2, 0.25) is 0 Å².